The molecule has 0 radical (unpaired) electrons. The molecule has 1 rings (SSSR count). The number of alkyl halides is 1. The number of unbranched alkanes of at least 4 members (excludes halogenated alkanes) is 3. The first-order chi connectivity index (χ1) is 11.7. The number of rotatable bonds is 10. The molecule has 0 bridgehead atoms. The third kappa shape index (κ3) is 6.81. The van der Waals surface area contributed by atoms with Crippen molar-refractivity contribution in [3.63, 3.8) is 0 Å². The van der Waals surface area contributed by atoms with Crippen molar-refractivity contribution < 1.29 is 23.5 Å². The van der Waals surface area contributed by atoms with E-state index in [2.05, 4.69) is 36.8 Å². The highest BCUT2D eigenvalue weighted by Gasteiger charge is 2.38. The van der Waals surface area contributed by atoms with E-state index in [1.165, 1.54) is 6.07 Å². The number of hydrogen-bond donors (Lipinski definition) is 1. The predicted molar refractivity (Wildman–Crippen MR) is 96.3 cm³/mol. The minimum absolute atomic E-state index is 0.0439. The molecular weight excluding hydrogens is 463 g/mol. The average molecular weight is 482 g/mol. The summed E-state index contributed by atoms with van der Waals surface area (Å²) in [6.07, 6.45) is 2.55. The van der Waals surface area contributed by atoms with Crippen molar-refractivity contribution in [3.8, 4) is 0 Å². The standard InChI is InChI=1S/C16H19Br2FN2O4/c1-16(19,12-8-7-10(17)13(18)21-12)15(24)25-9-5-3-2-4-6-11(22)14(20)23/h7-8H,2-6,9H2,1H3,(H2,20,23). The lowest BCUT2D eigenvalue weighted by Crippen LogP contribution is -2.31. The molecule has 0 spiro atoms. The van der Waals surface area contributed by atoms with Gasteiger partial charge in [0.15, 0.2) is 0 Å². The third-order valence-corrected chi connectivity index (χ3v) is 5.25. The number of Topliss-reactive ketones (excluding diaryl/α,β-unsaturated/α-hetero) is 1. The van der Waals surface area contributed by atoms with Gasteiger partial charge >= 0.3 is 5.97 Å². The van der Waals surface area contributed by atoms with Gasteiger partial charge in [0.25, 0.3) is 5.91 Å². The number of ether oxygens (including phenoxy) is 1. The Labute approximate surface area is 162 Å². The van der Waals surface area contributed by atoms with E-state index in [0.29, 0.717) is 34.8 Å². The molecular formula is C16H19Br2FN2O4. The van der Waals surface area contributed by atoms with Gasteiger partial charge in [0, 0.05) is 6.42 Å². The second-order valence-electron chi connectivity index (χ2n) is 5.56. The number of ketones is 1. The maximum atomic E-state index is 14.7. The highest BCUT2D eigenvalue weighted by atomic mass is 79.9. The van der Waals surface area contributed by atoms with Crippen molar-refractivity contribution >= 4 is 49.5 Å². The van der Waals surface area contributed by atoms with Crippen LogP contribution in [0.25, 0.3) is 0 Å². The lowest BCUT2D eigenvalue weighted by molar-refractivity contribution is -0.157. The van der Waals surface area contributed by atoms with Crippen LogP contribution >= 0.6 is 31.9 Å². The van der Waals surface area contributed by atoms with E-state index in [0.717, 1.165) is 6.92 Å². The number of aromatic nitrogens is 1. The molecule has 0 aliphatic heterocycles. The van der Waals surface area contributed by atoms with Gasteiger partial charge in [0.05, 0.1) is 16.8 Å². The summed E-state index contributed by atoms with van der Waals surface area (Å²) in [5, 5.41) is 0. The van der Waals surface area contributed by atoms with E-state index >= 15 is 0 Å². The Balaban J connectivity index is 2.34. The van der Waals surface area contributed by atoms with Gasteiger partial charge < -0.3 is 10.5 Å². The maximum absolute atomic E-state index is 14.7. The molecule has 6 nitrogen and oxygen atoms in total. The summed E-state index contributed by atoms with van der Waals surface area (Å²) in [7, 11) is 0. The van der Waals surface area contributed by atoms with E-state index in [4.69, 9.17) is 10.5 Å². The van der Waals surface area contributed by atoms with Crippen LogP contribution in [0.2, 0.25) is 0 Å². The Morgan fingerprint density at radius 1 is 1.20 bits per heavy atom. The number of nitrogens with two attached hydrogens (primary N) is 1. The first-order valence-electron chi connectivity index (χ1n) is 7.67. The van der Waals surface area contributed by atoms with Crippen LogP contribution in [0, 0.1) is 0 Å². The summed E-state index contributed by atoms with van der Waals surface area (Å²) < 4.78 is 20.7. The van der Waals surface area contributed by atoms with Crippen molar-refractivity contribution in [2.75, 3.05) is 6.61 Å². The quantitative estimate of drug-likeness (QED) is 0.239. The first kappa shape index (κ1) is 21.7. The topological polar surface area (TPSA) is 99.4 Å². The normalized spacial score (nSPS) is 13.1. The van der Waals surface area contributed by atoms with Gasteiger partial charge in [-0.2, -0.15) is 0 Å². The van der Waals surface area contributed by atoms with Crippen molar-refractivity contribution in [2.24, 2.45) is 5.73 Å². The van der Waals surface area contributed by atoms with Crippen LogP contribution in [-0.2, 0) is 24.8 Å². The molecule has 0 aromatic carbocycles. The Morgan fingerprint density at radius 3 is 2.44 bits per heavy atom. The van der Waals surface area contributed by atoms with Crippen LogP contribution in [0.15, 0.2) is 21.2 Å². The van der Waals surface area contributed by atoms with Crippen molar-refractivity contribution in [1.29, 1.82) is 0 Å². The fourth-order valence-corrected chi connectivity index (χ4v) is 2.49. The predicted octanol–water partition coefficient (Wildman–Crippen LogP) is 3.34. The smallest absolute Gasteiger partial charge is 0.349 e. The number of halogens is 3. The number of esters is 1. The van der Waals surface area contributed by atoms with Crippen LogP contribution in [0.1, 0.15) is 44.7 Å². The van der Waals surface area contributed by atoms with E-state index in [-0.39, 0.29) is 18.7 Å². The van der Waals surface area contributed by atoms with Gasteiger partial charge in [0.1, 0.15) is 4.60 Å². The molecule has 1 atom stereocenters. The van der Waals surface area contributed by atoms with Gasteiger partial charge in [-0.15, -0.1) is 0 Å². The molecule has 138 valence electrons. The molecule has 1 aromatic heterocycles. The molecule has 0 aliphatic rings. The van der Waals surface area contributed by atoms with Crippen LogP contribution in [0.3, 0.4) is 0 Å². The molecule has 1 amide bonds. The number of primary amides is 1. The van der Waals surface area contributed by atoms with Crippen LogP contribution in [0.5, 0.6) is 0 Å². The van der Waals surface area contributed by atoms with E-state index in [1.54, 1.807) is 6.07 Å². The lowest BCUT2D eigenvalue weighted by Gasteiger charge is -2.18. The highest BCUT2D eigenvalue weighted by molar-refractivity contribution is 9.13. The minimum atomic E-state index is -2.35. The summed E-state index contributed by atoms with van der Waals surface area (Å²) in [5.41, 5.74) is 2.45. The molecule has 0 fully saturated rings. The fraction of sp³-hybridized carbons (Fsp3) is 0.500. The number of nitrogens with zero attached hydrogens (tertiary/aromatic N) is 1. The van der Waals surface area contributed by atoms with Gasteiger partial charge in [-0.05, 0) is 63.8 Å². The largest absolute Gasteiger partial charge is 0.463 e. The zero-order valence-corrected chi connectivity index (χ0v) is 16.9. The average Bonchev–Trinajstić information content (AvgIpc) is 2.55. The molecule has 25 heavy (non-hydrogen) atoms. The summed E-state index contributed by atoms with van der Waals surface area (Å²) in [6.45, 7) is 1.17. The number of hydrogen-bond acceptors (Lipinski definition) is 5. The molecule has 1 aromatic rings. The Hall–Kier alpha value is -1.35. The molecule has 2 N–H and O–H groups in total. The molecule has 0 aliphatic carbocycles. The van der Waals surface area contributed by atoms with Crippen molar-refractivity contribution in [3.05, 3.63) is 26.9 Å². The summed E-state index contributed by atoms with van der Waals surface area (Å²) >= 11 is 6.39. The Kier molecular flexibility index (Phi) is 8.64. The zero-order chi connectivity index (χ0) is 19.0. The SMILES string of the molecule is CC(F)(C(=O)OCCCCCCC(=O)C(N)=O)c1ccc(Br)c(Br)n1. The summed E-state index contributed by atoms with van der Waals surface area (Å²) in [5.74, 6) is -2.52. The van der Waals surface area contributed by atoms with E-state index < -0.39 is 23.3 Å². The monoisotopic (exact) mass is 480 g/mol. The minimum Gasteiger partial charge on any atom is -0.463 e. The van der Waals surface area contributed by atoms with Gasteiger partial charge in [-0.3, -0.25) is 9.59 Å². The molecule has 1 heterocycles. The van der Waals surface area contributed by atoms with E-state index in [9.17, 15) is 18.8 Å². The molecule has 0 saturated heterocycles. The van der Waals surface area contributed by atoms with Crippen molar-refractivity contribution in [2.45, 2.75) is 44.7 Å². The number of amides is 1. The maximum Gasteiger partial charge on any atom is 0.349 e. The van der Waals surface area contributed by atoms with Crippen LogP contribution in [-0.4, -0.2) is 29.3 Å². The van der Waals surface area contributed by atoms with Crippen LogP contribution in [0.4, 0.5) is 4.39 Å². The molecule has 0 saturated carbocycles. The molecule has 9 heteroatoms. The van der Waals surface area contributed by atoms with Gasteiger partial charge in [-0.1, -0.05) is 12.8 Å². The van der Waals surface area contributed by atoms with Gasteiger partial charge in [-0.25, -0.2) is 14.2 Å². The zero-order valence-electron chi connectivity index (χ0n) is 13.7. The third-order valence-electron chi connectivity index (χ3n) is 3.47. The highest BCUT2D eigenvalue weighted by Crippen LogP contribution is 2.29. The molecule has 1 unspecified atom stereocenters. The van der Waals surface area contributed by atoms with E-state index in [1.807, 2.05) is 0 Å². The number of pyridine rings is 1. The summed E-state index contributed by atoms with van der Waals surface area (Å²) in [4.78, 5) is 37.5. The first-order valence-corrected chi connectivity index (χ1v) is 9.26. The second-order valence-corrected chi connectivity index (χ2v) is 7.17. The Morgan fingerprint density at radius 2 is 1.84 bits per heavy atom. The second kappa shape index (κ2) is 9.96. The van der Waals surface area contributed by atoms with Crippen molar-refractivity contribution in [1.82, 2.24) is 4.98 Å². The Bertz CT molecular complexity index is 653. The fourth-order valence-electron chi connectivity index (χ4n) is 1.95. The lowest BCUT2D eigenvalue weighted by atomic mass is 10.0. The number of carbonyl (C=O) groups excluding carboxylic acids is 3. The van der Waals surface area contributed by atoms with Crippen LogP contribution < -0.4 is 5.73 Å². The number of carbonyl (C=O) groups is 3. The summed E-state index contributed by atoms with van der Waals surface area (Å²) in [6, 6.07) is 3.00. The van der Waals surface area contributed by atoms with Gasteiger partial charge in [0.2, 0.25) is 11.5 Å².